The number of unbranched alkanes of at least 4 members (excludes halogenated alkanes) is 1. The molecule has 5 nitrogen and oxygen atoms in total. The summed E-state index contributed by atoms with van der Waals surface area (Å²) in [7, 11) is 1.78. The monoisotopic (exact) mass is 413 g/mol. The zero-order chi connectivity index (χ0) is 22.3. The number of hydrogen-bond acceptors (Lipinski definition) is 3. The van der Waals surface area contributed by atoms with Gasteiger partial charge in [0.15, 0.2) is 0 Å². The minimum Gasteiger partial charge on any atom is -0.332 e. The first-order valence-electron chi connectivity index (χ1n) is 11.6. The maximum Gasteiger partial charge on any atom is 0.261 e. The van der Waals surface area contributed by atoms with Crippen LogP contribution in [0, 0.1) is 11.8 Å². The van der Waals surface area contributed by atoms with Crippen LogP contribution in [-0.2, 0) is 11.8 Å². The van der Waals surface area contributed by atoms with E-state index in [0.717, 1.165) is 38.5 Å². The largest absolute Gasteiger partial charge is 0.332 e. The third kappa shape index (κ3) is 5.50. The summed E-state index contributed by atoms with van der Waals surface area (Å²) in [6.07, 6.45) is 5.59. The highest BCUT2D eigenvalue weighted by molar-refractivity contribution is 5.80. The fourth-order valence-corrected chi connectivity index (χ4v) is 4.08. The Morgan fingerprint density at radius 2 is 1.80 bits per heavy atom. The number of carbonyl (C=O) groups excluding carboxylic acids is 1. The van der Waals surface area contributed by atoms with E-state index >= 15 is 0 Å². The first-order chi connectivity index (χ1) is 14.3. The molecule has 0 N–H and O–H groups in total. The number of hydrogen-bond donors (Lipinski definition) is 0. The van der Waals surface area contributed by atoms with Crippen LogP contribution in [0.2, 0.25) is 0 Å². The van der Waals surface area contributed by atoms with E-state index < -0.39 is 0 Å². The van der Waals surface area contributed by atoms with Crippen LogP contribution < -0.4 is 5.56 Å². The van der Waals surface area contributed by atoms with Crippen molar-refractivity contribution < 1.29 is 4.79 Å². The van der Waals surface area contributed by atoms with Gasteiger partial charge in [-0.05, 0) is 43.7 Å². The minimum absolute atomic E-state index is 0.0312. The van der Waals surface area contributed by atoms with E-state index in [-0.39, 0.29) is 23.4 Å². The van der Waals surface area contributed by atoms with Crippen LogP contribution in [0.3, 0.4) is 0 Å². The molecule has 0 aliphatic carbocycles. The van der Waals surface area contributed by atoms with Crippen LogP contribution >= 0.6 is 0 Å². The lowest BCUT2D eigenvalue weighted by Crippen LogP contribution is -2.42. The number of aromatic nitrogens is 2. The minimum atomic E-state index is -0.200. The van der Waals surface area contributed by atoms with Crippen LogP contribution in [0.1, 0.15) is 85.0 Å². The molecule has 2 rings (SSSR count). The standard InChI is InChI=1S/C25H39N3O2/c1-7-10-13-19(8-2)24(29)28(17-16-18(4)5)22(9-3)23-26-21-15-12-11-14-20(21)25(30)27(23)6/h11-12,14-15,18-19,22H,7-10,13,16-17H2,1-6H3/t19-,22-/m1/s1. The van der Waals surface area contributed by atoms with Gasteiger partial charge in [0.1, 0.15) is 5.82 Å². The molecule has 0 radical (unpaired) electrons. The second-order valence-electron chi connectivity index (χ2n) is 8.74. The first kappa shape index (κ1) is 24.1. The fraction of sp³-hybridized carbons (Fsp3) is 0.640. The molecule has 0 aliphatic rings. The molecule has 0 spiro atoms. The van der Waals surface area contributed by atoms with Crippen LogP contribution in [0.4, 0.5) is 0 Å². The quantitative estimate of drug-likeness (QED) is 0.490. The topological polar surface area (TPSA) is 55.2 Å². The molecule has 0 saturated heterocycles. The zero-order valence-electron chi connectivity index (χ0n) is 19.6. The predicted molar refractivity (Wildman–Crippen MR) is 124 cm³/mol. The highest BCUT2D eigenvalue weighted by Crippen LogP contribution is 2.28. The van der Waals surface area contributed by atoms with Crippen LogP contribution in [-0.4, -0.2) is 26.9 Å². The van der Waals surface area contributed by atoms with E-state index in [2.05, 4.69) is 34.6 Å². The average Bonchev–Trinajstić information content (AvgIpc) is 2.74. The Kier molecular flexibility index (Phi) is 9.07. The van der Waals surface area contributed by atoms with E-state index in [1.807, 2.05) is 29.2 Å². The lowest BCUT2D eigenvalue weighted by molar-refractivity contribution is -0.139. The van der Waals surface area contributed by atoms with Gasteiger partial charge >= 0.3 is 0 Å². The molecule has 0 aliphatic heterocycles. The van der Waals surface area contributed by atoms with Crippen molar-refractivity contribution in [1.82, 2.24) is 14.5 Å². The molecule has 0 bridgehead atoms. The summed E-state index contributed by atoms with van der Waals surface area (Å²) < 4.78 is 1.64. The van der Waals surface area contributed by atoms with Gasteiger partial charge in [-0.15, -0.1) is 0 Å². The van der Waals surface area contributed by atoms with Crippen molar-refractivity contribution in [3.05, 3.63) is 40.4 Å². The van der Waals surface area contributed by atoms with E-state index in [1.54, 1.807) is 11.6 Å². The molecular weight excluding hydrogens is 374 g/mol. The predicted octanol–water partition coefficient (Wildman–Crippen LogP) is 5.48. The lowest BCUT2D eigenvalue weighted by atomic mass is 9.95. The number of amides is 1. The average molecular weight is 414 g/mol. The Hall–Kier alpha value is -2.17. The molecule has 2 aromatic rings. The van der Waals surface area contributed by atoms with Crippen molar-refractivity contribution in [2.24, 2.45) is 18.9 Å². The Labute approximate surface area is 181 Å². The third-order valence-electron chi connectivity index (χ3n) is 6.06. The molecule has 0 saturated carbocycles. The van der Waals surface area contributed by atoms with E-state index in [9.17, 15) is 9.59 Å². The van der Waals surface area contributed by atoms with Gasteiger partial charge < -0.3 is 4.90 Å². The Balaban J connectivity index is 2.51. The second kappa shape index (κ2) is 11.3. The zero-order valence-corrected chi connectivity index (χ0v) is 19.6. The van der Waals surface area contributed by atoms with E-state index in [1.165, 1.54) is 0 Å². The molecular formula is C25H39N3O2. The van der Waals surface area contributed by atoms with Crippen molar-refractivity contribution >= 4 is 16.8 Å². The molecule has 166 valence electrons. The first-order valence-corrected chi connectivity index (χ1v) is 11.6. The van der Waals surface area contributed by atoms with Gasteiger partial charge in [0.2, 0.25) is 5.91 Å². The summed E-state index contributed by atoms with van der Waals surface area (Å²) in [5, 5.41) is 0.619. The summed E-state index contributed by atoms with van der Waals surface area (Å²) >= 11 is 0. The van der Waals surface area contributed by atoms with Gasteiger partial charge in [-0.1, -0.05) is 59.6 Å². The Morgan fingerprint density at radius 1 is 1.10 bits per heavy atom. The number of rotatable bonds is 11. The lowest BCUT2D eigenvalue weighted by Gasteiger charge is -2.35. The highest BCUT2D eigenvalue weighted by atomic mass is 16.2. The molecule has 0 unspecified atom stereocenters. The van der Waals surface area contributed by atoms with E-state index in [0.29, 0.717) is 29.2 Å². The number of carbonyl (C=O) groups is 1. The maximum atomic E-state index is 13.6. The number of benzene rings is 1. The Bertz CT molecular complexity index is 888. The van der Waals surface area contributed by atoms with Gasteiger partial charge in [0.25, 0.3) is 5.56 Å². The number of nitrogens with zero attached hydrogens (tertiary/aromatic N) is 3. The Morgan fingerprint density at radius 3 is 2.40 bits per heavy atom. The summed E-state index contributed by atoms with van der Waals surface area (Å²) in [6.45, 7) is 11.4. The summed E-state index contributed by atoms with van der Waals surface area (Å²) in [6, 6.07) is 7.26. The maximum absolute atomic E-state index is 13.6. The summed E-state index contributed by atoms with van der Waals surface area (Å²) in [5.74, 6) is 1.43. The highest BCUT2D eigenvalue weighted by Gasteiger charge is 2.31. The van der Waals surface area contributed by atoms with Gasteiger partial charge in [0, 0.05) is 19.5 Å². The van der Waals surface area contributed by atoms with Crippen LogP contribution in [0.15, 0.2) is 29.1 Å². The van der Waals surface area contributed by atoms with Crippen molar-refractivity contribution in [1.29, 1.82) is 0 Å². The van der Waals surface area contributed by atoms with Gasteiger partial charge in [-0.3, -0.25) is 14.2 Å². The number of fused-ring (bicyclic) bond motifs is 1. The summed E-state index contributed by atoms with van der Waals surface area (Å²) in [5.41, 5.74) is 0.645. The molecule has 1 aromatic carbocycles. The number of para-hydroxylation sites is 1. The molecule has 5 heteroatoms. The SMILES string of the molecule is CCCC[C@@H](CC)C(=O)N(CCC(C)C)[C@H](CC)c1nc2ccccc2c(=O)n1C. The fourth-order valence-electron chi connectivity index (χ4n) is 4.08. The third-order valence-corrected chi connectivity index (χ3v) is 6.06. The molecule has 1 aromatic heterocycles. The van der Waals surface area contributed by atoms with E-state index in [4.69, 9.17) is 4.98 Å². The molecule has 0 fully saturated rings. The van der Waals surface area contributed by atoms with Gasteiger partial charge in [-0.25, -0.2) is 4.98 Å². The smallest absolute Gasteiger partial charge is 0.261 e. The van der Waals surface area contributed by atoms with Crippen molar-refractivity contribution in [2.45, 2.75) is 79.2 Å². The molecule has 1 amide bonds. The van der Waals surface area contributed by atoms with Crippen molar-refractivity contribution in [3.8, 4) is 0 Å². The molecule has 30 heavy (non-hydrogen) atoms. The van der Waals surface area contributed by atoms with Gasteiger partial charge in [-0.2, -0.15) is 0 Å². The summed E-state index contributed by atoms with van der Waals surface area (Å²) in [4.78, 5) is 33.5. The van der Waals surface area contributed by atoms with Crippen LogP contribution in [0.5, 0.6) is 0 Å². The van der Waals surface area contributed by atoms with Crippen molar-refractivity contribution in [2.75, 3.05) is 6.54 Å². The second-order valence-corrected chi connectivity index (χ2v) is 8.74. The molecule has 2 atom stereocenters. The molecule has 1 heterocycles. The normalized spacial score (nSPS) is 13.6. The van der Waals surface area contributed by atoms with Crippen LogP contribution in [0.25, 0.3) is 10.9 Å². The van der Waals surface area contributed by atoms with Crippen molar-refractivity contribution in [3.63, 3.8) is 0 Å². The van der Waals surface area contributed by atoms with Gasteiger partial charge in [0.05, 0.1) is 16.9 Å².